The number of benzene rings is 3. The Labute approximate surface area is 237 Å². The van der Waals surface area contributed by atoms with E-state index in [4.69, 9.17) is 9.47 Å². The average molecular weight is 542 g/mol. The van der Waals surface area contributed by atoms with Gasteiger partial charge in [-0.15, -0.1) is 0 Å². The van der Waals surface area contributed by atoms with Crippen LogP contribution in [-0.2, 0) is 16.1 Å². The first-order valence-corrected chi connectivity index (χ1v) is 13.8. The van der Waals surface area contributed by atoms with Crippen LogP contribution in [0.4, 0.5) is 0 Å². The second-order valence-electron chi connectivity index (χ2n) is 10.1. The summed E-state index contributed by atoms with van der Waals surface area (Å²) in [5, 5.41) is 2.94. The second-order valence-corrected chi connectivity index (χ2v) is 10.1. The highest BCUT2D eigenvalue weighted by Gasteiger charge is 2.21. The standard InChI is InChI=1S/C34H39NO5/c1-24(2)13-8-5-6-11-18-32(36)35-23-26-19-20-30(31(21-26)39-4)40-34(38)25(3)28-16-12-17-29(22-28)33(37)27-14-9-7-10-15-27/h7-10,12-17,19-22,24-25H,5-6,11,18,23H2,1-4H3,(H,35,36). The van der Waals surface area contributed by atoms with E-state index >= 15 is 0 Å². The molecule has 3 aromatic carbocycles. The summed E-state index contributed by atoms with van der Waals surface area (Å²) in [7, 11) is 1.50. The van der Waals surface area contributed by atoms with Gasteiger partial charge in [-0.05, 0) is 61.4 Å². The highest BCUT2D eigenvalue weighted by atomic mass is 16.6. The first-order valence-electron chi connectivity index (χ1n) is 13.8. The number of carbonyl (C=O) groups is 3. The summed E-state index contributed by atoms with van der Waals surface area (Å²) in [6, 6.07) is 21.3. The summed E-state index contributed by atoms with van der Waals surface area (Å²) in [5.41, 5.74) is 2.62. The van der Waals surface area contributed by atoms with Crippen molar-refractivity contribution in [2.45, 2.75) is 58.9 Å². The molecule has 1 amide bonds. The maximum absolute atomic E-state index is 13.0. The van der Waals surface area contributed by atoms with Crippen molar-refractivity contribution >= 4 is 17.7 Å². The third-order valence-electron chi connectivity index (χ3n) is 6.51. The van der Waals surface area contributed by atoms with Crippen LogP contribution >= 0.6 is 0 Å². The number of unbranched alkanes of at least 4 members (excludes halogenated alkanes) is 2. The topological polar surface area (TPSA) is 81.7 Å². The molecule has 0 saturated carbocycles. The zero-order valence-electron chi connectivity index (χ0n) is 23.8. The van der Waals surface area contributed by atoms with Crippen molar-refractivity contribution in [1.82, 2.24) is 5.32 Å². The lowest BCUT2D eigenvalue weighted by Gasteiger charge is -2.15. The molecule has 0 fully saturated rings. The predicted molar refractivity (Wildman–Crippen MR) is 158 cm³/mol. The molecule has 210 valence electrons. The molecule has 1 N–H and O–H groups in total. The van der Waals surface area contributed by atoms with Crippen LogP contribution in [0.15, 0.2) is 84.9 Å². The number of nitrogens with one attached hydrogen (secondary N) is 1. The van der Waals surface area contributed by atoms with Crippen LogP contribution in [0.25, 0.3) is 0 Å². The largest absolute Gasteiger partial charge is 0.493 e. The van der Waals surface area contributed by atoms with Crippen LogP contribution in [0, 0.1) is 5.92 Å². The van der Waals surface area contributed by atoms with Gasteiger partial charge in [-0.1, -0.05) is 80.6 Å². The first kappa shape index (κ1) is 30.4. The Morgan fingerprint density at radius 3 is 2.33 bits per heavy atom. The predicted octanol–water partition coefficient (Wildman–Crippen LogP) is 7.02. The molecule has 0 heterocycles. The number of hydrogen-bond acceptors (Lipinski definition) is 5. The molecule has 0 spiro atoms. The summed E-state index contributed by atoms with van der Waals surface area (Å²) in [6.07, 6.45) is 7.65. The molecule has 40 heavy (non-hydrogen) atoms. The van der Waals surface area contributed by atoms with Crippen LogP contribution in [0.2, 0.25) is 0 Å². The summed E-state index contributed by atoms with van der Waals surface area (Å²) in [4.78, 5) is 38.1. The quantitative estimate of drug-likeness (QED) is 0.0779. The Bertz CT molecular complexity index is 1310. The van der Waals surface area contributed by atoms with Gasteiger partial charge in [0.25, 0.3) is 0 Å². The van der Waals surface area contributed by atoms with Gasteiger partial charge in [-0.25, -0.2) is 0 Å². The molecule has 0 aliphatic carbocycles. The molecule has 1 unspecified atom stereocenters. The van der Waals surface area contributed by atoms with Crippen molar-refractivity contribution in [3.63, 3.8) is 0 Å². The summed E-state index contributed by atoms with van der Waals surface area (Å²) < 4.78 is 11.1. The number of methoxy groups -OCH3 is 1. The van der Waals surface area contributed by atoms with Crippen LogP contribution in [0.3, 0.4) is 0 Å². The van der Waals surface area contributed by atoms with E-state index in [0.717, 1.165) is 24.8 Å². The Morgan fingerprint density at radius 2 is 1.60 bits per heavy atom. The fraction of sp³-hybridized carbons (Fsp3) is 0.324. The molecule has 0 aliphatic heterocycles. The number of carbonyl (C=O) groups excluding carboxylic acids is 3. The molecule has 6 nitrogen and oxygen atoms in total. The third-order valence-corrected chi connectivity index (χ3v) is 6.51. The minimum Gasteiger partial charge on any atom is -0.493 e. The van der Waals surface area contributed by atoms with E-state index < -0.39 is 11.9 Å². The number of amides is 1. The van der Waals surface area contributed by atoms with Crippen molar-refractivity contribution < 1.29 is 23.9 Å². The van der Waals surface area contributed by atoms with Gasteiger partial charge in [-0.3, -0.25) is 14.4 Å². The van der Waals surface area contributed by atoms with Crippen LogP contribution in [0.5, 0.6) is 11.5 Å². The SMILES string of the molecule is COc1cc(CNC(=O)CCCCC=CC(C)C)ccc1OC(=O)C(C)c1cccc(C(=O)c2ccccc2)c1. The number of esters is 1. The van der Waals surface area contributed by atoms with Crippen LogP contribution < -0.4 is 14.8 Å². The highest BCUT2D eigenvalue weighted by Crippen LogP contribution is 2.30. The minimum atomic E-state index is -0.604. The van der Waals surface area contributed by atoms with Gasteiger partial charge in [0.2, 0.25) is 5.91 Å². The van der Waals surface area contributed by atoms with Crippen molar-refractivity contribution in [1.29, 1.82) is 0 Å². The van der Waals surface area contributed by atoms with E-state index in [2.05, 4.69) is 31.3 Å². The fourth-order valence-electron chi connectivity index (χ4n) is 4.15. The summed E-state index contributed by atoms with van der Waals surface area (Å²) in [6.45, 7) is 6.39. The molecule has 0 saturated heterocycles. The Morgan fingerprint density at radius 1 is 0.850 bits per heavy atom. The molecule has 6 heteroatoms. The van der Waals surface area contributed by atoms with Gasteiger partial charge in [-0.2, -0.15) is 0 Å². The van der Waals surface area contributed by atoms with Crippen molar-refractivity contribution in [2.24, 2.45) is 5.92 Å². The van der Waals surface area contributed by atoms with Crippen LogP contribution in [-0.4, -0.2) is 24.8 Å². The Kier molecular flexibility index (Phi) is 11.7. The molecule has 3 rings (SSSR count). The Balaban J connectivity index is 1.55. The molecule has 0 aromatic heterocycles. The van der Waals surface area contributed by atoms with E-state index in [1.165, 1.54) is 7.11 Å². The molecular weight excluding hydrogens is 502 g/mol. The van der Waals surface area contributed by atoms with Gasteiger partial charge in [0.15, 0.2) is 17.3 Å². The summed E-state index contributed by atoms with van der Waals surface area (Å²) >= 11 is 0. The number of hydrogen-bond donors (Lipinski definition) is 1. The monoisotopic (exact) mass is 541 g/mol. The third kappa shape index (κ3) is 9.23. The van der Waals surface area contributed by atoms with E-state index in [1.807, 2.05) is 18.2 Å². The maximum atomic E-state index is 13.0. The lowest BCUT2D eigenvalue weighted by Crippen LogP contribution is -2.22. The normalized spacial score (nSPS) is 11.8. The second kappa shape index (κ2) is 15.4. The van der Waals surface area contributed by atoms with E-state index in [-0.39, 0.29) is 11.7 Å². The smallest absolute Gasteiger partial charge is 0.318 e. The Hall–Kier alpha value is -4.19. The number of ketones is 1. The van der Waals surface area contributed by atoms with Crippen molar-refractivity contribution in [3.8, 4) is 11.5 Å². The first-order chi connectivity index (χ1) is 19.3. The van der Waals surface area contributed by atoms with Gasteiger partial charge in [0.05, 0.1) is 13.0 Å². The zero-order valence-corrected chi connectivity index (χ0v) is 23.8. The molecule has 0 radical (unpaired) electrons. The molecule has 1 atom stereocenters. The number of rotatable bonds is 14. The molecule has 0 aliphatic rings. The van der Waals surface area contributed by atoms with Crippen LogP contribution in [0.1, 0.15) is 79.4 Å². The zero-order chi connectivity index (χ0) is 28.9. The van der Waals surface area contributed by atoms with Crippen molar-refractivity contribution in [2.75, 3.05) is 7.11 Å². The van der Waals surface area contributed by atoms with E-state index in [0.29, 0.717) is 47.1 Å². The average Bonchev–Trinajstić information content (AvgIpc) is 2.97. The lowest BCUT2D eigenvalue weighted by molar-refractivity contribution is -0.135. The van der Waals surface area contributed by atoms with Gasteiger partial charge >= 0.3 is 5.97 Å². The molecule has 0 bridgehead atoms. The number of allylic oxidation sites excluding steroid dienone is 2. The van der Waals surface area contributed by atoms with Gasteiger partial charge in [0, 0.05) is 24.1 Å². The highest BCUT2D eigenvalue weighted by molar-refractivity contribution is 6.09. The van der Waals surface area contributed by atoms with Crippen molar-refractivity contribution in [3.05, 3.63) is 107 Å². The maximum Gasteiger partial charge on any atom is 0.318 e. The number of ether oxygens (including phenoxy) is 2. The van der Waals surface area contributed by atoms with E-state index in [1.54, 1.807) is 61.5 Å². The fourth-order valence-corrected chi connectivity index (χ4v) is 4.15. The van der Waals surface area contributed by atoms with E-state index in [9.17, 15) is 14.4 Å². The molecular formula is C34H39NO5. The summed E-state index contributed by atoms with van der Waals surface area (Å²) in [5.74, 6) is 0.0700. The van der Waals surface area contributed by atoms with Gasteiger partial charge in [0.1, 0.15) is 0 Å². The lowest BCUT2D eigenvalue weighted by atomic mass is 9.96. The minimum absolute atomic E-state index is 0.00381. The molecule has 3 aromatic rings. The van der Waals surface area contributed by atoms with Gasteiger partial charge < -0.3 is 14.8 Å².